The first-order chi connectivity index (χ1) is 12.6. The molecule has 150 valence electrons. The summed E-state index contributed by atoms with van der Waals surface area (Å²) in [6.45, 7) is 8.81. The predicted octanol–water partition coefficient (Wildman–Crippen LogP) is 1.60. The van der Waals surface area contributed by atoms with Crippen molar-refractivity contribution in [1.82, 2.24) is 9.80 Å². The minimum absolute atomic E-state index is 0.0111. The van der Waals surface area contributed by atoms with E-state index < -0.39 is 17.8 Å². The molecule has 1 aromatic rings. The molecule has 1 saturated heterocycles. The maximum Gasteiger partial charge on any atom is 0.414 e. The lowest BCUT2D eigenvalue weighted by molar-refractivity contribution is -0.159. The van der Waals surface area contributed by atoms with Crippen molar-refractivity contribution in [3.63, 3.8) is 0 Å². The number of anilines is 1. The van der Waals surface area contributed by atoms with Crippen molar-refractivity contribution in [2.75, 3.05) is 38.0 Å². The third-order valence-corrected chi connectivity index (χ3v) is 4.44. The molecule has 8 nitrogen and oxygen atoms in total. The van der Waals surface area contributed by atoms with Crippen LogP contribution in [-0.2, 0) is 14.4 Å². The standard InChI is InChI=1S/C15H21ClFN3O.C2H2O4/c1-3-19-6-8-20(9-7-19)11(2)15(21)18-12-4-5-14(17)13(16)10-12;3-1(4)2(5)6/h4-5,10-11H,3,6-9H2,1-2H3,(H,18,21);(H,3,4)(H,5,6). The number of carbonyl (C=O) groups excluding carboxylic acids is 1. The molecule has 0 bridgehead atoms. The van der Waals surface area contributed by atoms with Crippen LogP contribution in [0.5, 0.6) is 0 Å². The smallest absolute Gasteiger partial charge is 0.414 e. The Labute approximate surface area is 161 Å². The molecule has 0 radical (unpaired) electrons. The van der Waals surface area contributed by atoms with Gasteiger partial charge in [0, 0.05) is 31.9 Å². The molecule has 0 spiro atoms. The van der Waals surface area contributed by atoms with Crippen molar-refractivity contribution < 1.29 is 29.0 Å². The summed E-state index contributed by atoms with van der Waals surface area (Å²) in [5, 5.41) is 17.6. The Hall–Kier alpha value is -2.23. The highest BCUT2D eigenvalue weighted by atomic mass is 35.5. The van der Waals surface area contributed by atoms with Crippen LogP contribution in [-0.4, -0.2) is 76.6 Å². The molecule has 27 heavy (non-hydrogen) atoms. The number of nitrogens with one attached hydrogen (secondary N) is 1. The average molecular weight is 404 g/mol. The Morgan fingerprint density at radius 1 is 1.19 bits per heavy atom. The Morgan fingerprint density at radius 3 is 2.19 bits per heavy atom. The van der Waals surface area contributed by atoms with Crippen molar-refractivity contribution in [1.29, 1.82) is 0 Å². The van der Waals surface area contributed by atoms with Crippen LogP contribution >= 0.6 is 11.6 Å². The molecule has 1 unspecified atom stereocenters. The lowest BCUT2D eigenvalue weighted by atomic mass is 10.2. The third-order valence-electron chi connectivity index (χ3n) is 4.15. The summed E-state index contributed by atoms with van der Waals surface area (Å²) in [5.41, 5.74) is 0.519. The third kappa shape index (κ3) is 7.49. The molecule has 1 aliphatic heterocycles. The van der Waals surface area contributed by atoms with Crippen LogP contribution in [0.15, 0.2) is 18.2 Å². The van der Waals surface area contributed by atoms with E-state index in [9.17, 15) is 9.18 Å². The van der Waals surface area contributed by atoms with Crippen molar-refractivity contribution in [2.45, 2.75) is 19.9 Å². The number of nitrogens with zero attached hydrogens (tertiary/aromatic N) is 2. The van der Waals surface area contributed by atoms with Crippen molar-refractivity contribution in [3.05, 3.63) is 29.0 Å². The summed E-state index contributed by atoms with van der Waals surface area (Å²) in [6, 6.07) is 3.98. The second kappa shape index (κ2) is 10.8. The van der Waals surface area contributed by atoms with Crippen molar-refractivity contribution in [3.8, 4) is 0 Å². The van der Waals surface area contributed by atoms with Gasteiger partial charge in [-0.2, -0.15) is 0 Å². The van der Waals surface area contributed by atoms with Crippen LogP contribution in [0, 0.1) is 5.82 Å². The van der Waals surface area contributed by atoms with E-state index in [1.165, 1.54) is 18.2 Å². The van der Waals surface area contributed by atoms with E-state index in [1.54, 1.807) is 0 Å². The predicted molar refractivity (Wildman–Crippen MR) is 98.5 cm³/mol. The zero-order chi connectivity index (χ0) is 20.6. The second-order valence-corrected chi connectivity index (χ2v) is 6.28. The molecule has 0 aromatic heterocycles. The largest absolute Gasteiger partial charge is 0.473 e. The first-order valence-electron chi connectivity index (χ1n) is 8.34. The van der Waals surface area contributed by atoms with E-state index in [0.717, 1.165) is 32.7 Å². The van der Waals surface area contributed by atoms with Crippen LogP contribution in [0.3, 0.4) is 0 Å². The number of carboxylic acid groups (broad SMARTS) is 2. The lowest BCUT2D eigenvalue weighted by Crippen LogP contribution is -2.52. The van der Waals surface area contributed by atoms with Crippen molar-refractivity contribution in [2.24, 2.45) is 0 Å². The van der Waals surface area contributed by atoms with Crippen LogP contribution in [0.25, 0.3) is 0 Å². The van der Waals surface area contributed by atoms with Gasteiger partial charge in [0.15, 0.2) is 0 Å². The number of carbonyl (C=O) groups is 3. The fourth-order valence-corrected chi connectivity index (χ4v) is 2.63. The van der Waals surface area contributed by atoms with Crippen LogP contribution in [0.2, 0.25) is 5.02 Å². The molecule has 0 aliphatic carbocycles. The fourth-order valence-electron chi connectivity index (χ4n) is 2.45. The summed E-state index contributed by atoms with van der Waals surface area (Å²) in [5.74, 6) is -4.23. The van der Waals surface area contributed by atoms with Gasteiger partial charge in [0.2, 0.25) is 5.91 Å². The molecule has 10 heteroatoms. The van der Waals surface area contributed by atoms with Gasteiger partial charge >= 0.3 is 11.9 Å². The molecule has 1 atom stereocenters. The normalized spacial score (nSPS) is 16.0. The number of benzene rings is 1. The second-order valence-electron chi connectivity index (χ2n) is 5.87. The maximum atomic E-state index is 13.1. The number of hydrogen-bond donors (Lipinski definition) is 3. The summed E-state index contributed by atoms with van der Waals surface area (Å²) in [7, 11) is 0. The van der Waals surface area contributed by atoms with Crippen LogP contribution in [0.1, 0.15) is 13.8 Å². The number of amides is 1. The highest BCUT2D eigenvalue weighted by Crippen LogP contribution is 2.20. The van der Waals surface area contributed by atoms with Crippen molar-refractivity contribution >= 4 is 35.1 Å². The first kappa shape index (κ1) is 22.8. The average Bonchev–Trinajstić information content (AvgIpc) is 2.64. The van der Waals surface area contributed by atoms with Gasteiger partial charge in [-0.1, -0.05) is 18.5 Å². The van der Waals surface area contributed by atoms with Gasteiger partial charge in [0.1, 0.15) is 5.82 Å². The van der Waals surface area contributed by atoms with E-state index in [1.807, 2.05) is 6.92 Å². The van der Waals surface area contributed by atoms with E-state index in [4.69, 9.17) is 31.4 Å². The van der Waals surface area contributed by atoms with Gasteiger partial charge in [0.05, 0.1) is 11.1 Å². The highest BCUT2D eigenvalue weighted by molar-refractivity contribution is 6.31. The summed E-state index contributed by atoms with van der Waals surface area (Å²) < 4.78 is 13.1. The molecule has 1 aliphatic rings. The molecule has 1 amide bonds. The Bertz CT molecular complexity index is 669. The van der Waals surface area contributed by atoms with Gasteiger partial charge in [0.25, 0.3) is 0 Å². The lowest BCUT2D eigenvalue weighted by Gasteiger charge is -2.36. The van der Waals surface area contributed by atoms with Gasteiger partial charge < -0.3 is 20.4 Å². The van der Waals surface area contributed by atoms with E-state index >= 15 is 0 Å². The zero-order valence-corrected chi connectivity index (χ0v) is 15.9. The van der Waals surface area contributed by atoms with Crippen LogP contribution in [0.4, 0.5) is 10.1 Å². The quantitative estimate of drug-likeness (QED) is 0.655. The van der Waals surface area contributed by atoms with E-state index in [0.29, 0.717) is 5.69 Å². The maximum absolute atomic E-state index is 13.1. The number of piperazine rings is 1. The molecule has 1 fully saturated rings. The summed E-state index contributed by atoms with van der Waals surface area (Å²) in [4.78, 5) is 35.0. The Kier molecular flexibility index (Phi) is 9.13. The number of rotatable bonds is 4. The monoisotopic (exact) mass is 403 g/mol. The van der Waals surface area contributed by atoms with Gasteiger partial charge in [-0.3, -0.25) is 9.69 Å². The van der Waals surface area contributed by atoms with Crippen LogP contribution < -0.4 is 5.32 Å². The molecule has 1 aromatic carbocycles. The number of halogens is 2. The Morgan fingerprint density at radius 2 is 1.74 bits per heavy atom. The fraction of sp³-hybridized carbons (Fsp3) is 0.471. The summed E-state index contributed by atoms with van der Waals surface area (Å²) in [6.07, 6.45) is 0. The number of hydrogen-bond acceptors (Lipinski definition) is 5. The highest BCUT2D eigenvalue weighted by Gasteiger charge is 2.25. The van der Waals surface area contributed by atoms with Gasteiger partial charge in [-0.15, -0.1) is 0 Å². The van der Waals surface area contributed by atoms with E-state index in [2.05, 4.69) is 22.0 Å². The molecule has 3 N–H and O–H groups in total. The summed E-state index contributed by atoms with van der Waals surface area (Å²) >= 11 is 5.72. The van der Waals surface area contributed by atoms with Gasteiger partial charge in [-0.05, 0) is 31.7 Å². The molecule has 2 rings (SSSR count). The minimum Gasteiger partial charge on any atom is -0.473 e. The topological polar surface area (TPSA) is 110 Å². The number of carboxylic acids is 2. The molecular weight excluding hydrogens is 381 g/mol. The number of likely N-dealkylation sites (N-methyl/N-ethyl adjacent to an activating group) is 1. The molecule has 1 heterocycles. The molecule has 0 saturated carbocycles. The molecular formula is C17H23ClFN3O5. The SMILES string of the molecule is CCN1CCN(C(C)C(=O)Nc2ccc(F)c(Cl)c2)CC1.O=C(O)C(=O)O. The number of aliphatic carboxylic acids is 2. The van der Waals surface area contributed by atoms with Gasteiger partial charge in [-0.25, -0.2) is 14.0 Å². The van der Waals surface area contributed by atoms with E-state index in [-0.39, 0.29) is 17.0 Å². The first-order valence-corrected chi connectivity index (χ1v) is 8.72. The Balaban J connectivity index is 0.000000527. The zero-order valence-electron chi connectivity index (χ0n) is 15.1. The minimum atomic E-state index is -1.82.